The van der Waals surface area contributed by atoms with Gasteiger partial charge in [0.15, 0.2) is 17.1 Å². The van der Waals surface area contributed by atoms with Crippen LogP contribution in [0.3, 0.4) is 0 Å². The molecule has 158 valence electrons. The van der Waals surface area contributed by atoms with Gasteiger partial charge in [-0.05, 0) is 30.7 Å². The number of anilines is 3. The smallest absolute Gasteiger partial charge is 0.231 e. The van der Waals surface area contributed by atoms with E-state index < -0.39 is 0 Å². The number of hydrogen-bond donors (Lipinski definition) is 2. The molecule has 0 amide bonds. The Morgan fingerprint density at radius 3 is 2.81 bits per heavy atom. The first-order valence-electron chi connectivity index (χ1n) is 10.0. The van der Waals surface area contributed by atoms with Gasteiger partial charge in [-0.2, -0.15) is 15.1 Å². The van der Waals surface area contributed by atoms with E-state index in [0.717, 1.165) is 28.9 Å². The molecule has 0 spiro atoms. The highest BCUT2D eigenvalue weighted by atomic mass is 16.7. The molecule has 2 aromatic carbocycles. The average molecular weight is 418 g/mol. The molecule has 9 heteroatoms. The van der Waals surface area contributed by atoms with E-state index in [1.807, 2.05) is 53.2 Å². The molecule has 0 saturated heterocycles. The van der Waals surface area contributed by atoms with Gasteiger partial charge in [0.25, 0.3) is 0 Å². The second-order valence-corrected chi connectivity index (χ2v) is 6.99. The second kappa shape index (κ2) is 8.49. The number of rotatable bonds is 8. The van der Waals surface area contributed by atoms with Crippen LogP contribution in [0, 0.1) is 0 Å². The van der Waals surface area contributed by atoms with Crippen molar-refractivity contribution in [2.24, 2.45) is 0 Å². The van der Waals surface area contributed by atoms with Crippen LogP contribution in [0.15, 0.2) is 54.7 Å². The molecule has 2 aromatic heterocycles. The van der Waals surface area contributed by atoms with Crippen LogP contribution in [0.5, 0.6) is 11.5 Å². The standard InChI is InChI=1S/C22H22N6O3/c1-29-11-5-10-23-22-26-20(25-15-8-9-18-19(12-15)31-14-30-18)17-13-24-28(21(17)27-22)16-6-3-2-4-7-16/h2-4,6-9,12-13H,5,10-11,14H2,1H3,(H2,23,25,26,27). The van der Waals surface area contributed by atoms with Crippen LogP contribution in [0.25, 0.3) is 16.7 Å². The van der Waals surface area contributed by atoms with Crippen LogP contribution in [0.1, 0.15) is 6.42 Å². The zero-order valence-corrected chi connectivity index (χ0v) is 17.0. The van der Waals surface area contributed by atoms with Gasteiger partial charge < -0.3 is 24.8 Å². The topological polar surface area (TPSA) is 95.4 Å². The number of nitrogens with zero attached hydrogens (tertiary/aromatic N) is 4. The van der Waals surface area contributed by atoms with E-state index in [1.54, 1.807) is 13.3 Å². The summed E-state index contributed by atoms with van der Waals surface area (Å²) in [4.78, 5) is 9.42. The molecule has 5 rings (SSSR count). The van der Waals surface area contributed by atoms with Gasteiger partial charge >= 0.3 is 0 Å². The predicted octanol–water partition coefficient (Wildman–Crippen LogP) is 3.74. The highest BCUT2D eigenvalue weighted by Crippen LogP contribution is 2.36. The van der Waals surface area contributed by atoms with Gasteiger partial charge in [-0.3, -0.25) is 0 Å². The maximum atomic E-state index is 5.49. The largest absolute Gasteiger partial charge is 0.454 e. The number of nitrogens with one attached hydrogen (secondary N) is 2. The minimum absolute atomic E-state index is 0.232. The number of hydrogen-bond acceptors (Lipinski definition) is 8. The van der Waals surface area contributed by atoms with Crippen molar-refractivity contribution in [1.29, 1.82) is 0 Å². The normalized spacial score (nSPS) is 12.3. The highest BCUT2D eigenvalue weighted by molar-refractivity contribution is 5.90. The van der Waals surface area contributed by atoms with Crippen molar-refractivity contribution in [3.8, 4) is 17.2 Å². The van der Waals surface area contributed by atoms with E-state index in [-0.39, 0.29) is 6.79 Å². The third-order valence-electron chi connectivity index (χ3n) is 4.87. The van der Waals surface area contributed by atoms with Crippen molar-refractivity contribution in [3.63, 3.8) is 0 Å². The number of methoxy groups -OCH3 is 1. The maximum absolute atomic E-state index is 5.49. The minimum atomic E-state index is 0.232. The van der Waals surface area contributed by atoms with Crippen molar-refractivity contribution < 1.29 is 14.2 Å². The number of fused-ring (bicyclic) bond motifs is 2. The molecule has 1 aliphatic heterocycles. The lowest BCUT2D eigenvalue weighted by molar-refractivity contribution is 0.174. The van der Waals surface area contributed by atoms with E-state index in [1.165, 1.54) is 0 Å². The maximum Gasteiger partial charge on any atom is 0.231 e. The zero-order chi connectivity index (χ0) is 21.0. The fourth-order valence-corrected chi connectivity index (χ4v) is 3.37. The summed E-state index contributed by atoms with van der Waals surface area (Å²) in [5, 5.41) is 12.0. The summed E-state index contributed by atoms with van der Waals surface area (Å²) in [5.74, 6) is 2.61. The summed E-state index contributed by atoms with van der Waals surface area (Å²) in [7, 11) is 1.69. The summed E-state index contributed by atoms with van der Waals surface area (Å²) in [5.41, 5.74) is 2.47. The Bertz CT molecular complexity index is 1190. The molecule has 3 heterocycles. The fourth-order valence-electron chi connectivity index (χ4n) is 3.37. The molecule has 0 aliphatic carbocycles. The van der Waals surface area contributed by atoms with Gasteiger partial charge in [0.2, 0.25) is 12.7 Å². The molecule has 2 N–H and O–H groups in total. The lowest BCUT2D eigenvalue weighted by Crippen LogP contribution is -2.10. The van der Waals surface area contributed by atoms with E-state index in [0.29, 0.717) is 36.3 Å². The number of ether oxygens (including phenoxy) is 3. The Morgan fingerprint density at radius 2 is 1.94 bits per heavy atom. The number of aromatic nitrogens is 4. The molecule has 0 unspecified atom stereocenters. The third-order valence-corrected chi connectivity index (χ3v) is 4.87. The molecule has 4 aromatic rings. The van der Waals surface area contributed by atoms with Crippen LogP contribution in [0.2, 0.25) is 0 Å². The van der Waals surface area contributed by atoms with Crippen LogP contribution in [-0.2, 0) is 4.74 Å². The van der Waals surface area contributed by atoms with Gasteiger partial charge in [-0.1, -0.05) is 18.2 Å². The molecule has 0 radical (unpaired) electrons. The average Bonchev–Trinajstić information content (AvgIpc) is 3.44. The molecule has 0 bridgehead atoms. The molecule has 31 heavy (non-hydrogen) atoms. The highest BCUT2D eigenvalue weighted by Gasteiger charge is 2.17. The van der Waals surface area contributed by atoms with Crippen molar-refractivity contribution in [2.45, 2.75) is 6.42 Å². The Labute approximate surface area is 179 Å². The SMILES string of the molecule is COCCCNc1nc(Nc2ccc3c(c2)OCO3)c2cnn(-c3ccccc3)c2n1. The summed E-state index contributed by atoms with van der Waals surface area (Å²) in [6, 6.07) is 15.6. The van der Waals surface area contributed by atoms with Gasteiger partial charge in [0.1, 0.15) is 5.82 Å². The fraction of sp³-hybridized carbons (Fsp3) is 0.227. The summed E-state index contributed by atoms with van der Waals surface area (Å²) < 4.78 is 17.8. The second-order valence-electron chi connectivity index (χ2n) is 6.99. The van der Waals surface area contributed by atoms with Crippen LogP contribution in [-0.4, -0.2) is 46.8 Å². The first-order chi connectivity index (χ1) is 15.3. The Hall–Kier alpha value is -3.85. The molecule has 1 aliphatic rings. The van der Waals surface area contributed by atoms with Crippen molar-refractivity contribution >= 4 is 28.5 Å². The lowest BCUT2D eigenvalue weighted by Gasteiger charge is -2.11. The van der Waals surface area contributed by atoms with Gasteiger partial charge in [0, 0.05) is 32.0 Å². The Balaban J connectivity index is 1.53. The Morgan fingerprint density at radius 1 is 1.06 bits per heavy atom. The van der Waals surface area contributed by atoms with Crippen LogP contribution >= 0.6 is 0 Å². The summed E-state index contributed by atoms with van der Waals surface area (Å²) >= 11 is 0. The van der Waals surface area contributed by atoms with Gasteiger partial charge in [-0.25, -0.2) is 4.68 Å². The summed E-state index contributed by atoms with van der Waals surface area (Å²) in [6.45, 7) is 1.59. The van der Waals surface area contributed by atoms with E-state index in [9.17, 15) is 0 Å². The van der Waals surface area contributed by atoms with Crippen molar-refractivity contribution in [2.75, 3.05) is 37.7 Å². The van der Waals surface area contributed by atoms with E-state index >= 15 is 0 Å². The molecular weight excluding hydrogens is 396 g/mol. The number of para-hydroxylation sites is 1. The molecule has 9 nitrogen and oxygen atoms in total. The zero-order valence-electron chi connectivity index (χ0n) is 17.0. The molecule has 0 saturated carbocycles. The van der Waals surface area contributed by atoms with Gasteiger partial charge in [-0.15, -0.1) is 0 Å². The van der Waals surface area contributed by atoms with Crippen LogP contribution in [0.4, 0.5) is 17.5 Å². The minimum Gasteiger partial charge on any atom is -0.454 e. The predicted molar refractivity (Wildman–Crippen MR) is 117 cm³/mol. The first kappa shape index (κ1) is 19.1. The van der Waals surface area contributed by atoms with E-state index in [2.05, 4.69) is 15.7 Å². The third kappa shape index (κ3) is 3.95. The van der Waals surface area contributed by atoms with Gasteiger partial charge in [0.05, 0.1) is 17.3 Å². The monoisotopic (exact) mass is 418 g/mol. The quantitative estimate of drug-likeness (QED) is 0.418. The van der Waals surface area contributed by atoms with Crippen molar-refractivity contribution in [3.05, 3.63) is 54.7 Å². The molecule has 0 atom stereocenters. The van der Waals surface area contributed by atoms with Crippen LogP contribution < -0.4 is 20.1 Å². The molecule has 0 fully saturated rings. The van der Waals surface area contributed by atoms with Crippen molar-refractivity contribution in [1.82, 2.24) is 19.7 Å². The first-order valence-corrected chi connectivity index (χ1v) is 10.0. The summed E-state index contributed by atoms with van der Waals surface area (Å²) in [6.07, 6.45) is 2.62. The number of benzene rings is 2. The molecular formula is C22H22N6O3. The Kier molecular flexibility index (Phi) is 5.24. The lowest BCUT2D eigenvalue weighted by atomic mass is 10.2. The van der Waals surface area contributed by atoms with E-state index in [4.69, 9.17) is 24.2 Å².